The second kappa shape index (κ2) is 9.96. The predicted octanol–water partition coefficient (Wildman–Crippen LogP) is 3.79. The Bertz CT molecular complexity index is 1230. The van der Waals surface area contributed by atoms with Crippen molar-refractivity contribution in [3.8, 4) is 5.69 Å². The number of carbonyl (C=O) groups is 2. The molecule has 1 atom stereocenters. The summed E-state index contributed by atoms with van der Waals surface area (Å²) in [5.41, 5.74) is 2.70. The van der Waals surface area contributed by atoms with E-state index in [1.54, 1.807) is 6.92 Å². The number of nitrogens with one attached hydrogen (secondary N) is 2. The van der Waals surface area contributed by atoms with Crippen LogP contribution in [0.15, 0.2) is 38.6 Å². The first kappa shape index (κ1) is 23.3. The van der Waals surface area contributed by atoms with Gasteiger partial charge in [-0.2, -0.15) is 0 Å². The Morgan fingerprint density at radius 3 is 2.67 bits per heavy atom. The summed E-state index contributed by atoms with van der Waals surface area (Å²) < 4.78 is 11.5. The Morgan fingerprint density at radius 1 is 1.21 bits per heavy atom. The standard InChI is InChI=1S/C23H25N3O5S2/c1-13-9-11-15(12-10-13)26-21(23(29)31-25-26)32-14(2)19(27)24-20-18(22(28)30-3)16-7-5-4-6-8-17(16)33-20/h9-12,14H,4-8H2,1-3H3,(H-,24,25,27,28,29)/p+1. The molecular weight excluding hydrogens is 462 g/mol. The molecule has 0 saturated carbocycles. The highest BCUT2D eigenvalue weighted by Crippen LogP contribution is 2.38. The van der Waals surface area contributed by atoms with E-state index in [1.165, 1.54) is 23.1 Å². The van der Waals surface area contributed by atoms with Gasteiger partial charge in [0.1, 0.15) is 5.00 Å². The SMILES string of the molecule is COC(=O)c1c(NC(=O)C(C)Sc2c(=O)o[nH][n+]2-c2ccc(C)cc2)sc2c1CCCCC2. The topological polar surface area (TPSA) is 105 Å². The number of aryl methyl sites for hydroxylation is 2. The van der Waals surface area contributed by atoms with E-state index in [9.17, 15) is 14.4 Å². The molecule has 2 N–H and O–H groups in total. The lowest BCUT2D eigenvalue weighted by atomic mass is 10.1. The summed E-state index contributed by atoms with van der Waals surface area (Å²) in [4.78, 5) is 39.0. The summed E-state index contributed by atoms with van der Waals surface area (Å²) in [7, 11) is 1.35. The van der Waals surface area contributed by atoms with Crippen LogP contribution >= 0.6 is 23.1 Å². The Labute approximate surface area is 199 Å². The molecule has 1 aliphatic rings. The van der Waals surface area contributed by atoms with Crippen molar-refractivity contribution in [3.63, 3.8) is 0 Å². The zero-order valence-electron chi connectivity index (χ0n) is 18.7. The van der Waals surface area contributed by atoms with Gasteiger partial charge in [-0.25, -0.2) is 9.59 Å². The molecule has 0 bridgehead atoms. The first-order valence-electron chi connectivity index (χ1n) is 10.8. The van der Waals surface area contributed by atoms with Crippen LogP contribution in [0.4, 0.5) is 5.00 Å². The number of esters is 1. The third-order valence-electron chi connectivity index (χ3n) is 5.60. The lowest BCUT2D eigenvalue weighted by molar-refractivity contribution is -0.704. The molecule has 33 heavy (non-hydrogen) atoms. The third-order valence-corrected chi connectivity index (χ3v) is 7.95. The second-order valence-electron chi connectivity index (χ2n) is 7.97. The first-order chi connectivity index (χ1) is 15.9. The summed E-state index contributed by atoms with van der Waals surface area (Å²) in [6, 6.07) is 7.56. The number of amides is 1. The van der Waals surface area contributed by atoms with Gasteiger partial charge in [0.15, 0.2) is 0 Å². The Kier molecular flexibility index (Phi) is 7.04. The average molecular weight is 489 g/mol. The predicted molar refractivity (Wildman–Crippen MR) is 126 cm³/mol. The molecule has 4 rings (SSSR count). The van der Waals surface area contributed by atoms with Crippen LogP contribution in [0.5, 0.6) is 0 Å². The molecule has 0 fully saturated rings. The van der Waals surface area contributed by atoms with E-state index in [1.807, 2.05) is 31.2 Å². The van der Waals surface area contributed by atoms with Crippen LogP contribution in [0.3, 0.4) is 0 Å². The van der Waals surface area contributed by atoms with Crippen molar-refractivity contribution in [2.24, 2.45) is 0 Å². The van der Waals surface area contributed by atoms with E-state index in [2.05, 4.69) is 10.6 Å². The highest BCUT2D eigenvalue weighted by molar-refractivity contribution is 8.00. The number of methoxy groups -OCH3 is 1. The van der Waals surface area contributed by atoms with Gasteiger partial charge >= 0.3 is 16.6 Å². The number of benzene rings is 1. The fourth-order valence-corrected chi connectivity index (χ4v) is 5.98. The number of anilines is 1. The smallest absolute Gasteiger partial charge is 0.442 e. The summed E-state index contributed by atoms with van der Waals surface area (Å²) in [6.45, 7) is 3.68. The van der Waals surface area contributed by atoms with E-state index < -0.39 is 16.8 Å². The summed E-state index contributed by atoms with van der Waals surface area (Å²) in [5.74, 6) is -0.744. The largest absolute Gasteiger partial charge is 0.465 e. The zero-order valence-corrected chi connectivity index (χ0v) is 20.4. The lowest BCUT2D eigenvalue weighted by Crippen LogP contribution is -2.37. The number of hydrogen-bond donors (Lipinski definition) is 2. The van der Waals surface area contributed by atoms with Crippen LogP contribution in [0.2, 0.25) is 0 Å². The molecule has 2 aromatic heterocycles. The van der Waals surface area contributed by atoms with Crippen LogP contribution < -0.4 is 15.6 Å². The van der Waals surface area contributed by atoms with Gasteiger partial charge in [-0.15, -0.1) is 11.3 Å². The monoisotopic (exact) mass is 488 g/mol. The number of carbonyl (C=O) groups excluding carboxylic acids is 2. The molecular formula is C23H26N3O5S2+. The third kappa shape index (κ3) is 4.91. The summed E-state index contributed by atoms with van der Waals surface area (Å²) in [5, 5.41) is 5.66. The molecule has 2 heterocycles. The van der Waals surface area contributed by atoms with Crippen molar-refractivity contribution >= 4 is 40.0 Å². The van der Waals surface area contributed by atoms with E-state index in [4.69, 9.17) is 9.26 Å². The van der Waals surface area contributed by atoms with Crippen molar-refractivity contribution in [1.82, 2.24) is 5.27 Å². The van der Waals surface area contributed by atoms with Crippen LogP contribution in [0.1, 0.15) is 52.5 Å². The van der Waals surface area contributed by atoms with Gasteiger partial charge in [0.25, 0.3) is 0 Å². The first-order valence-corrected chi connectivity index (χ1v) is 12.5. The molecule has 1 aliphatic carbocycles. The van der Waals surface area contributed by atoms with Crippen LogP contribution in [-0.2, 0) is 22.4 Å². The number of aromatic amines is 1. The fourth-order valence-electron chi connectivity index (χ4n) is 3.81. The van der Waals surface area contributed by atoms with Gasteiger partial charge in [0.2, 0.25) is 11.6 Å². The van der Waals surface area contributed by atoms with E-state index in [0.29, 0.717) is 10.6 Å². The number of rotatable bonds is 6. The minimum absolute atomic E-state index is 0.261. The van der Waals surface area contributed by atoms with Crippen molar-refractivity contribution in [2.75, 3.05) is 12.4 Å². The Balaban J connectivity index is 1.56. The Morgan fingerprint density at radius 2 is 1.94 bits per heavy atom. The number of H-pyrrole nitrogens is 1. The minimum atomic E-state index is -0.618. The van der Waals surface area contributed by atoms with E-state index in [0.717, 1.165) is 65.6 Å². The molecule has 1 amide bonds. The van der Waals surface area contributed by atoms with Crippen molar-refractivity contribution < 1.29 is 23.5 Å². The number of thioether (sulfide) groups is 1. The normalized spacial score (nSPS) is 14.3. The van der Waals surface area contributed by atoms with Crippen molar-refractivity contribution in [1.29, 1.82) is 0 Å². The molecule has 8 nitrogen and oxygen atoms in total. The van der Waals surface area contributed by atoms with Crippen LogP contribution in [-0.4, -0.2) is 29.5 Å². The molecule has 0 spiro atoms. The second-order valence-corrected chi connectivity index (χ2v) is 10.4. The molecule has 1 aromatic carbocycles. The summed E-state index contributed by atoms with van der Waals surface area (Å²) in [6.07, 6.45) is 4.89. The lowest BCUT2D eigenvalue weighted by Gasteiger charge is -2.10. The van der Waals surface area contributed by atoms with E-state index >= 15 is 0 Å². The summed E-state index contributed by atoms with van der Waals surface area (Å²) >= 11 is 2.53. The molecule has 0 radical (unpaired) electrons. The molecule has 0 aliphatic heterocycles. The maximum atomic E-state index is 13.1. The van der Waals surface area contributed by atoms with Gasteiger partial charge in [-0.1, -0.05) is 24.1 Å². The van der Waals surface area contributed by atoms with Gasteiger partial charge in [-0.05, 0) is 66.8 Å². The number of ether oxygens (including phenoxy) is 1. The van der Waals surface area contributed by atoms with Crippen molar-refractivity contribution in [3.05, 3.63) is 56.3 Å². The van der Waals surface area contributed by atoms with Crippen LogP contribution in [0, 0.1) is 6.92 Å². The van der Waals surface area contributed by atoms with Gasteiger partial charge < -0.3 is 10.1 Å². The van der Waals surface area contributed by atoms with Gasteiger partial charge in [0, 0.05) is 17.0 Å². The van der Waals surface area contributed by atoms with E-state index in [-0.39, 0.29) is 10.9 Å². The number of nitrogens with zero attached hydrogens (tertiary/aromatic N) is 1. The number of fused-ring (bicyclic) bond motifs is 1. The highest BCUT2D eigenvalue weighted by Gasteiger charge is 2.31. The maximum absolute atomic E-state index is 13.1. The molecule has 10 heteroatoms. The highest BCUT2D eigenvalue weighted by atomic mass is 32.2. The maximum Gasteiger partial charge on any atom is 0.442 e. The number of hydrogen-bond acceptors (Lipinski definition) is 7. The molecule has 0 saturated heterocycles. The molecule has 3 aromatic rings. The number of aromatic nitrogens is 2. The minimum Gasteiger partial charge on any atom is -0.465 e. The molecule has 1 unspecified atom stereocenters. The van der Waals surface area contributed by atoms with Crippen LogP contribution in [0.25, 0.3) is 5.69 Å². The Hall–Kier alpha value is -2.85. The van der Waals surface area contributed by atoms with Gasteiger partial charge in [-0.3, -0.25) is 9.32 Å². The average Bonchev–Trinajstić information content (AvgIpc) is 3.24. The number of thiophene rings is 1. The zero-order chi connectivity index (χ0) is 23.5. The fraction of sp³-hybridized carbons (Fsp3) is 0.391. The van der Waals surface area contributed by atoms with Gasteiger partial charge in [0.05, 0.1) is 17.9 Å². The quantitative estimate of drug-likeness (QED) is 0.237. The van der Waals surface area contributed by atoms with Crippen molar-refractivity contribution in [2.45, 2.75) is 56.2 Å². The molecule has 174 valence electrons.